The summed E-state index contributed by atoms with van der Waals surface area (Å²) in [5, 5.41) is 2.79. The van der Waals surface area contributed by atoms with Gasteiger partial charge in [-0.25, -0.2) is 4.98 Å². The van der Waals surface area contributed by atoms with Crippen LogP contribution < -0.4 is 5.32 Å². The number of hydrogen-bond donors (Lipinski definition) is 1. The Labute approximate surface area is 80.9 Å². The van der Waals surface area contributed by atoms with Gasteiger partial charge in [-0.05, 0) is 12.1 Å². The van der Waals surface area contributed by atoms with Crippen molar-refractivity contribution in [2.45, 2.75) is 0 Å². The molecule has 1 N–H and O–H groups in total. The van der Waals surface area contributed by atoms with Crippen molar-refractivity contribution >= 4 is 17.5 Å². The second-order valence-electron chi connectivity index (χ2n) is 2.28. The van der Waals surface area contributed by atoms with Crippen LogP contribution in [0.1, 0.15) is 10.5 Å². The van der Waals surface area contributed by atoms with Crippen molar-refractivity contribution in [1.82, 2.24) is 10.3 Å². The molecule has 1 rings (SSSR count). The minimum absolute atomic E-state index is 0.160. The first-order valence-electron chi connectivity index (χ1n) is 3.63. The van der Waals surface area contributed by atoms with E-state index in [1.807, 2.05) is 0 Å². The fourth-order valence-corrected chi connectivity index (χ4v) is 0.927. The zero-order chi connectivity index (χ0) is 9.68. The molecule has 0 aliphatic rings. The van der Waals surface area contributed by atoms with Crippen molar-refractivity contribution < 1.29 is 9.53 Å². The van der Waals surface area contributed by atoms with E-state index >= 15 is 0 Å². The van der Waals surface area contributed by atoms with Crippen LogP contribution >= 0.6 is 11.6 Å². The smallest absolute Gasteiger partial charge is 0.271 e. The summed E-state index contributed by atoms with van der Waals surface area (Å²) in [5.74, 6) is -0.302. The minimum atomic E-state index is -0.302. The van der Waals surface area contributed by atoms with Crippen LogP contribution in [-0.2, 0) is 4.74 Å². The summed E-state index contributed by atoms with van der Waals surface area (Å²) in [6, 6.07) is 4.85. The van der Waals surface area contributed by atoms with E-state index < -0.39 is 0 Å². The Kier molecular flexibility index (Phi) is 3.67. The number of pyridine rings is 1. The Balaban J connectivity index is 2.66. The third kappa shape index (κ3) is 3.01. The molecule has 0 saturated carbocycles. The van der Waals surface area contributed by atoms with Gasteiger partial charge in [0.2, 0.25) is 0 Å². The molecule has 13 heavy (non-hydrogen) atoms. The van der Waals surface area contributed by atoms with E-state index in [4.69, 9.17) is 11.6 Å². The number of nitrogens with one attached hydrogen (secondary N) is 1. The third-order valence-corrected chi connectivity index (χ3v) is 1.54. The second kappa shape index (κ2) is 4.79. The SMILES string of the molecule is COCNC(=O)c1cccc(Cl)n1. The predicted octanol–water partition coefficient (Wildman–Crippen LogP) is 1.07. The molecule has 0 unspecified atom stereocenters. The molecule has 0 fully saturated rings. The molecule has 0 atom stereocenters. The predicted molar refractivity (Wildman–Crippen MR) is 48.6 cm³/mol. The molecular formula is C8H9ClN2O2. The van der Waals surface area contributed by atoms with Crippen molar-refractivity contribution in [3.05, 3.63) is 29.0 Å². The highest BCUT2D eigenvalue weighted by Crippen LogP contribution is 2.04. The number of carbonyl (C=O) groups excluding carboxylic acids is 1. The summed E-state index contributed by atoms with van der Waals surface area (Å²) in [6.45, 7) is 0.160. The van der Waals surface area contributed by atoms with Crippen LogP contribution in [0.25, 0.3) is 0 Å². The summed E-state index contributed by atoms with van der Waals surface area (Å²) in [4.78, 5) is 15.1. The van der Waals surface area contributed by atoms with E-state index in [0.717, 1.165) is 0 Å². The quantitative estimate of drug-likeness (QED) is 0.587. The lowest BCUT2D eigenvalue weighted by atomic mass is 10.3. The van der Waals surface area contributed by atoms with Gasteiger partial charge in [0.15, 0.2) is 0 Å². The first-order valence-corrected chi connectivity index (χ1v) is 4.01. The van der Waals surface area contributed by atoms with Gasteiger partial charge in [-0.1, -0.05) is 17.7 Å². The topological polar surface area (TPSA) is 51.2 Å². The molecule has 0 spiro atoms. The fraction of sp³-hybridized carbons (Fsp3) is 0.250. The molecule has 0 aliphatic carbocycles. The number of hydrogen-bond acceptors (Lipinski definition) is 3. The lowest BCUT2D eigenvalue weighted by Gasteiger charge is -2.02. The minimum Gasteiger partial charge on any atom is -0.364 e. The highest BCUT2D eigenvalue weighted by Gasteiger charge is 2.05. The number of carbonyl (C=O) groups is 1. The summed E-state index contributed by atoms with van der Waals surface area (Å²) in [6.07, 6.45) is 0. The van der Waals surface area contributed by atoms with Crippen LogP contribution in [-0.4, -0.2) is 24.7 Å². The van der Waals surface area contributed by atoms with Crippen LogP contribution in [0.3, 0.4) is 0 Å². The molecule has 0 bridgehead atoms. The number of nitrogens with zero attached hydrogens (tertiary/aromatic N) is 1. The third-order valence-electron chi connectivity index (χ3n) is 1.32. The van der Waals surface area contributed by atoms with Crippen LogP contribution in [0.5, 0.6) is 0 Å². The Morgan fingerprint density at radius 2 is 2.46 bits per heavy atom. The highest BCUT2D eigenvalue weighted by molar-refractivity contribution is 6.29. The van der Waals surface area contributed by atoms with Crippen molar-refractivity contribution in [2.75, 3.05) is 13.8 Å². The van der Waals surface area contributed by atoms with Gasteiger partial charge >= 0.3 is 0 Å². The molecule has 1 amide bonds. The van der Waals surface area contributed by atoms with Gasteiger partial charge in [-0.3, -0.25) is 4.79 Å². The van der Waals surface area contributed by atoms with Gasteiger partial charge in [0, 0.05) is 7.11 Å². The Hall–Kier alpha value is -1.13. The lowest BCUT2D eigenvalue weighted by Crippen LogP contribution is -2.26. The molecule has 0 aromatic carbocycles. The fourth-order valence-electron chi connectivity index (χ4n) is 0.763. The van der Waals surface area contributed by atoms with E-state index in [2.05, 4.69) is 15.0 Å². The van der Waals surface area contributed by atoms with Crippen LogP contribution in [0.15, 0.2) is 18.2 Å². The molecule has 1 aromatic heterocycles. The summed E-state index contributed by atoms with van der Waals surface area (Å²) in [5.41, 5.74) is 0.282. The Morgan fingerprint density at radius 1 is 1.69 bits per heavy atom. The molecule has 1 heterocycles. The van der Waals surface area contributed by atoms with E-state index in [0.29, 0.717) is 5.15 Å². The Morgan fingerprint density at radius 3 is 3.08 bits per heavy atom. The van der Waals surface area contributed by atoms with Crippen molar-refractivity contribution in [2.24, 2.45) is 0 Å². The molecule has 5 heteroatoms. The van der Waals surface area contributed by atoms with Gasteiger partial charge < -0.3 is 10.1 Å². The van der Waals surface area contributed by atoms with Gasteiger partial charge in [0.05, 0.1) is 0 Å². The zero-order valence-electron chi connectivity index (χ0n) is 7.08. The van der Waals surface area contributed by atoms with Crippen molar-refractivity contribution in [3.63, 3.8) is 0 Å². The molecule has 1 aromatic rings. The molecule has 4 nitrogen and oxygen atoms in total. The number of ether oxygens (including phenoxy) is 1. The summed E-state index contributed by atoms with van der Waals surface area (Å²) in [7, 11) is 1.49. The van der Waals surface area contributed by atoms with Crippen molar-refractivity contribution in [1.29, 1.82) is 0 Å². The first kappa shape index (κ1) is 9.95. The second-order valence-corrected chi connectivity index (χ2v) is 2.67. The number of methoxy groups -OCH3 is 1. The standard InChI is InChI=1S/C8H9ClN2O2/c1-13-5-10-8(12)6-3-2-4-7(9)11-6/h2-4H,5H2,1H3,(H,10,12). The zero-order valence-corrected chi connectivity index (χ0v) is 7.84. The van der Waals surface area contributed by atoms with E-state index in [1.54, 1.807) is 18.2 Å². The number of amides is 1. The summed E-state index contributed by atoms with van der Waals surface area (Å²) < 4.78 is 4.67. The van der Waals surface area contributed by atoms with Crippen LogP contribution in [0.2, 0.25) is 5.15 Å². The maximum Gasteiger partial charge on any atom is 0.271 e. The molecular weight excluding hydrogens is 192 g/mol. The first-order chi connectivity index (χ1) is 6.24. The molecule has 0 aliphatic heterocycles. The summed E-state index contributed by atoms with van der Waals surface area (Å²) >= 11 is 5.60. The van der Waals surface area contributed by atoms with E-state index in [-0.39, 0.29) is 18.3 Å². The van der Waals surface area contributed by atoms with Crippen LogP contribution in [0.4, 0.5) is 0 Å². The van der Waals surface area contributed by atoms with Gasteiger partial charge in [-0.2, -0.15) is 0 Å². The largest absolute Gasteiger partial charge is 0.364 e. The van der Waals surface area contributed by atoms with Gasteiger partial charge in [0.1, 0.15) is 17.6 Å². The average molecular weight is 201 g/mol. The normalized spacial score (nSPS) is 9.69. The number of aromatic nitrogens is 1. The molecule has 0 saturated heterocycles. The molecule has 0 radical (unpaired) electrons. The number of halogens is 1. The highest BCUT2D eigenvalue weighted by atomic mass is 35.5. The average Bonchev–Trinajstić information content (AvgIpc) is 2.14. The van der Waals surface area contributed by atoms with Gasteiger partial charge in [0.25, 0.3) is 5.91 Å². The van der Waals surface area contributed by atoms with Gasteiger partial charge in [-0.15, -0.1) is 0 Å². The lowest BCUT2D eigenvalue weighted by molar-refractivity contribution is 0.0867. The van der Waals surface area contributed by atoms with Crippen LogP contribution in [0, 0.1) is 0 Å². The maximum absolute atomic E-state index is 11.2. The molecule has 70 valence electrons. The van der Waals surface area contributed by atoms with Crippen molar-refractivity contribution in [3.8, 4) is 0 Å². The monoisotopic (exact) mass is 200 g/mol. The maximum atomic E-state index is 11.2. The van der Waals surface area contributed by atoms with E-state index in [1.165, 1.54) is 7.11 Å². The van der Waals surface area contributed by atoms with E-state index in [9.17, 15) is 4.79 Å². The number of rotatable bonds is 3. The Bertz CT molecular complexity index is 304.